The minimum atomic E-state index is 0.0916. The lowest BCUT2D eigenvalue weighted by Gasteiger charge is -2.12. The van der Waals surface area contributed by atoms with Gasteiger partial charge in [0.2, 0.25) is 0 Å². The van der Waals surface area contributed by atoms with Crippen molar-refractivity contribution in [3.05, 3.63) is 45.9 Å². The quantitative estimate of drug-likeness (QED) is 0.882. The van der Waals surface area contributed by atoms with E-state index in [1.54, 1.807) is 11.3 Å². The average Bonchev–Trinajstić information content (AvgIpc) is 2.84. The van der Waals surface area contributed by atoms with Gasteiger partial charge in [-0.05, 0) is 37.4 Å². The summed E-state index contributed by atoms with van der Waals surface area (Å²) in [6.07, 6.45) is 1.68. The van der Waals surface area contributed by atoms with Crippen LogP contribution in [0.1, 0.15) is 23.2 Å². The Kier molecular flexibility index (Phi) is 4.93. The summed E-state index contributed by atoms with van der Waals surface area (Å²) in [5.41, 5.74) is 7.82. The second-order valence-corrected chi connectivity index (χ2v) is 5.79. The summed E-state index contributed by atoms with van der Waals surface area (Å²) in [5, 5.41) is 2.09. The van der Waals surface area contributed by atoms with Gasteiger partial charge in [0.15, 0.2) is 0 Å². The molecule has 0 aliphatic rings. The molecule has 0 aromatic carbocycles. The second-order valence-electron chi connectivity index (χ2n) is 4.76. The van der Waals surface area contributed by atoms with Gasteiger partial charge in [0.05, 0.1) is 12.3 Å². The Morgan fingerprint density at radius 3 is 2.89 bits per heavy atom. The number of aryl methyl sites for hydroxylation is 1. The SMILES string of the molecule is Cc1ccc(OCCc2cccs2)c(CC(C)N)n1. The van der Waals surface area contributed by atoms with Gasteiger partial charge in [-0.3, -0.25) is 4.98 Å². The van der Waals surface area contributed by atoms with E-state index in [0.717, 1.165) is 30.0 Å². The number of rotatable bonds is 6. The zero-order chi connectivity index (χ0) is 13.7. The van der Waals surface area contributed by atoms with Crippen molar-refractivity contribution in [2.24, 2.45) is 5.73 Å². The number of pyridine rings is 1. The summed E-state index contributed by atoms with van der Waals surface area (Å²) >= 11 is 1.76. The van der Waals surface area contributed by atoms with E-state index >= 15 is 0 Å². The zero-order valence-electron chi connectivity index (χ0n) is 11.4. The maximum absolute atomic E-state index is 5.86. The van der Waals surface area contributed by atoms with Crippen molar-refractivity contribution in [3.63, 3.8) is 0 Å². The Morgan fingerprint density at radius 2 is 2.21 bits per heavy atom. The van der Waals surface area contributed by atoms with Crippen LogP contribution in [-0.4, -0.2) is 17.6 Å². The van der Waals surface area contributed by atoms with Crippen LogP contribution < -0.4 is 10.5 Å². The molecule has 102 valence electrons. The molecular weight excluding hydrogens is 256 g/mol. The van der Waals surface area contributed by atoms with E-state index in [2.05, 4.69) is 22.5 Å². The predicted molar refractivity (Wildman–Crippen MR) is 79.8 cm³/mol. The highest BCUT2D eigenvalue weighted by atomic mass is 32.1. The van der Waals surface area contributed by atoms with Crippen LogP contribution in [0.5, 0.6) is 5.75 Å². The Bertz CT molecular complexity index is 509. The first kappa shape index (κ1) is 14.0. The van der Waals surface area contributed by atoms with Gasteiger partial charge in [-0.15, -0.1) is 11.3 Å². The van der Waals surface area contributed by atoms with Gasteiger partial charge in [-0.1, -0.05) is 6.07 Å². The van der Waals surface area contributed by atoms with Gasteiger partial charge in [-0.25, -0.2) is 0 Å². The van der Waals surface area contributed by atoms with Crippen molar-refractivity contribution >= 4 is 11.3 Å². The Balaban J connectivity index is 1.98. The lowest BCUT2D eigenvalue weighted by Crippen LogP contribution is -2.19. The van der Waals surface area contributed by atoms with Crippen LogP contribution in [0.3, 0.4) is 0 Å². The molecule has 2 heterocycles. The van der Waals surface area contributed by atoms with Crippen LogP contribution in [0.15, 0.2) is 29.6 Å². The summed E-state index contributed by atoms with van der Waals surface area (Å²) < 4.78 is 5.85. The fraction of sp³-hybridized carbons (Fsp3) is 0.400. The number of aromatic nitrogens is 1. The normalized spacial score (nSPS) is 12.4. The monoisotopic (exact) mass is 276 g/mol. The van der Waals surface area contributed by atoms with Crippen molar-refractivity contribution < 1.29 is 4.74 Å². The molecule has 2 rings (SSSR count). The molecule has 0 aliphatic carbocycles. The largest absolute Gasteiger partial charge is 0.491 e. The van der Waals surface area contributed by atoms with Crippen LogP contribution in [0.4, 0.5) is 0 Å². The number of nitrogens with zero attached hydrogens (tertiary/aromatic N) is 1. The molecule has 3 nitrogen and oxygen atoms in total. The molecule has 0 spiro atoms. The van der Waals surface area contributed by atoms with Gasteiger partial charge in [0, 0.05) is 29.5 Å². The number of ether oxygens (including phenoxy) is 1. The summed E-state index contributed by atoms with van der Waals surface area (Å²) in [5.74, 6) is 0.861. The molecule has 1 atom stereocenters. The number of hydrogen-bond donors (Lipinski definition) is 1. The molecule has 0 saturated heterocycles. The second kappa shape index (κ2) is 6.68. The predicted octanol–water partition coefficient (Wildman–Crippen LogP) is 2.96. The Morgan fingerprint density at radius 1 is 1.37 bits per heavy atom. The molecule has 2 aromatic heterocycles. The van der Waals surface area contributed by atoms with E-state index in [9.17, 15) is 0 Å². The highest BCUT2D eigenvalue weighted by molar-refractivity contribution is 7.09. The van der Waals surface area contributed by atoms with E-state index in [-0.39, 0.29) is 6.04 Å². The maximum Gasteiger partial charge on any atom is 0.140 e. The van der Waals surface area contributed by atoms with Gasteiger partial charge < -0.3 is 10.5 Å². The van der Waals surface area contributed by atoms with Crippen LogP contribution in [0.2, 0.25) is 0 Å². The first-order valence-corrected chi connectivity index (χ1v) is 7.40. The zero-order valence-corrected chi connectivity index (χ0v) is 12.2. The molecule has 2 N–H and O–H groups in total. The Hall–Kier alpha value is -1.39. The van der Waals surface area contributed by atoms with Crippen LogP contribution >= 0.6 is 11.3 Å². The summed E-state index contributed by atoms with van der Waals surface area (Å²) in [6, 6.07) is 8.26. The van der Waals surface area contributed by atoms with E-state index in [0.29, 0.717) is 6.61 Å². The molecule has 1 unspecified atom stereocenters. The molecule has 4 heteroatoms. The summed E-state index contributed by atoms with van der Waals surface area (Å²) in [6.45, 7) is 4.65. The van der Waals surface area contributed by atoms with Crippen molar-refractivity contribution in [2.75, 3.05) is 6.61 Å². The topological polar surface area (TPSA) is 48.1 Å². The molecule has 2 aromatic rings. The molecule has 0 aliphatic heterocycles. The lowest BCUT2D eigenvalue weighted by molar-refractivity contribution is 0.317. The highest BCUT2D eigenvalue weighted by Crippen LogP contribution is 2.19. The van der Waals surface area contributed by atoms with E-state index in [1.165, 1.54) is 4.88 Å². The smallest absolute Gasteiger partial charge is 0.140 e. The highest BCUT2D eigenvalue weighted by Gasteiger charge is 2.08. The van der Waals surface area contributed by atoms with E-state index in [4.69, 9.17) is 10.5 Å². The van der Waals surface area contributed by atoms with Crippen LogP contribution in [0, 0.1) is 6.92 Å². The third-order valence-corrected chi connectivity index (χ3v) is 3.71. The number of nitrogens with two attached hydrogens (primary N) is 1. The maximum atomic E-state index is 5.86. The first-order chi connectivity index (χ1) is 9.15. The minimum absolute atomic E-state index is 0.0916. The Labute approximate surface area is 118 Å². The van der Waals surface area contributed by atoms with E-state index in [1.807, 2.05) is 26.0 Å². The third kappa shape index (κ3) is 4.33. The molecule has 0 amide bonds. The molecule has 0 bridgehead atoms. The van der Waals surface area contributed by atoms with Gasteiger partial charge >= 0.3 is 0 Å². The van der Waals surface area contributed by atoms with Crippen LogP contribution in [-0.2, 0) is 12.8 Å². The number of hydrogen-bond acceptors (Lipinski definition) is 4. The fourth-order valence-electron chi connectivity index (χ4n) is 1.90. The van der Waals surface area contributed by atoms with Crippen molar-refractivity contribution in [2.45, 2.75) is 32.7 Å². The molecular formula is C15H20N2OS. The molecule has 0 fully saturated rings. The minimum Gasteiger partial charge on any atom is -0.491 e. The molecule has 0 radical (unpaired) electrons. The summed E-state index contributed by atoms with van der Waals surface area (Å²) in [4.78, 5) is 5.87. The van der Waals surface area contributed by atoms with Gasteiger partial charge in [0.25, 0.3) is 0 Å². The van der Waals surface area contributed by atoms with Crippen molar-refractivity contribution in [3.8, 4) is 5.75 Å². The lowest BCUT2D eigenvalue weighted by atomic mass is 10.1. The fourth-order valence-corrected chi connectivity index (χ4v) is 2.59. The van der Waals surface area contributed by atoms with Crippen molar-refractivity contribution in [1.29, 1.82) is 0 Å². The van der Waals surface area contributed by atoms with Crippen molar-refractivity contribution in [1.82, 2.24) is 4.98 Å². The first-order valence-electron chi connectivity index (χ1n) is 6.52. The number of thiophene rings is 1. The van der Waals surface area contributed by atoms with Crippen LogP contribution in [0.25, 0.3) is 0 Å². The standard InChI is InChI=1S/C15H20N2OS/c1-11(16)10-14-15(6-5-12(2)17-14)18-8-7-13-4-3-9-19-13/h3-6,9,11H,7-8,10,16H2,1-2H3. The van der Waals surface area contributed by atoms with E-state index < -0.39 is 0 Å². The molecule has 0 saturated carbocycles. The summed E-state index contributed by atoms with van der Waals surface area (Å²) in [7, 11) is 0. The molecule has 19 heavy (non-hydrogen) atoms. The van der Waals surface area contributed by atoms with Gasteiger partial charge in [-0.2, -0.15) is 0 Å². The average molecular weight is 276 g/mol. The third-order valence-electron chi connectivity index (χ3n) is 2.77. The van der Waals surface area contributed by atoms with Gasteiger partial charge in [0.1, 0.15) is 5.75 Å².